The first-order valence-corrected chi connectivity index (χ1v) is 13.2. The third kappa shape index (κ3) is 4.73. The van der Waals surface area contributed by atoms with Crippen molar-refractivity contribution in [2.24, 2.45) is 0 Å². The zero-order valence-electron chi connectivity index (χ0n) is 22.5. The maximum atomic E-state index is 13.2. The van der Waals surface area contributed by atoms with Crippen molar-refractivity contribution in [2.75, 3.05) is 26.1 Å². The van der Waals surface area contributed by atoms with Crippen LogP contribution in [0.3, 0.4) is 0 Å². The van der Waals surface area contributed by atoms with E-state index >= 15 is 0 Å². The summed E-state index contributed by atoms with van der Waals surface area (Å²) >= 11 is 0. The third-order valence-corrected chi connectivity index (χ3v) is 7.79. The van der Waals surface area contributed by atoms with Crippen molar-refractivity contribution in [3.05, 3.63) is 75.6 Å². The Labute approximate surface area is 223 Å². The summed E-state index contributed by atoms with van der Waals surface area (Å²) in [6, 6.07) is 11.4. The molecule has 1 aliphatic heterocycles. The molecule has 198 valence electrons. The lowest BCUT2D eigenvalue weighted by atomic mass is 9.71. The Bertz CT molecular complexity index is 1340. The minimum Gasteiger partial charge on any atom is -0.493 e. The maximum absolute atomic E-state index is 13.2. The molecule has 0 unspecified atom stereocenters. The van der Waals surface area contributed by atoms with E-state index in [1.165, 1.54) is 0 Å². The average Bonchev–Trinajstić information content (AvgIpc) is 2.90. The number of allylic oxidation sites excluding steroid dienone is 4. The summed E-state index contributed by atoms with van der Waals surface area (Å²) in [4.78, 5) is 41.1. The normalized spacial score (nSPS) is 17.8. The molecule has 2 aliphatic carbocycles. The van der Waals surface area contributed by atoms with Crippen molar-refractivity contribution in [3.8, 4) is 11.5 Å². The molecule has 0 saturated heterocycles. The van der Waals surface area contributed by atoms with E-state index in [-0.39, 0.29) is 24.1 Å². The molecule has 2 aromatic rings. The number of rotatable bonds is 6. The Morgan fingerprint density at radius 2 is 1.58 bits per heavy atom. The summed E-state index contributed by atoms with van der Waals surface area (Å²) in [6.07, 6.45) is 4.29. The van der Waals surface area contributed by atoms with Gasteiger partial charge < -0.3 is 19.7 Å². The predicted molar refractivity (Wildman–Crippen MR) is 145 cm³/mol. The molecule has 0 bridgehead atoms. The second-order valence-corrected chi connectivity index (χ2v) is 10.3. The first kappa shape index (κ1) is 25.8. The van der Waals surface area contributed by atoms with Crippen LogP contribution in [0.4, 0.5) is 5.69 Å². The summed E-state index contributed by atoms with van der Waals surface area (Å²) in [5, 5.41) is 2.90. The van der Waals surface area contributed by atoms with Crippen LogP contribution in [-0.4, -0.2) is 43.1 Å². The molecule has 0 saturated carbocycles. The predicted octanol–water partition coefficient (Wildman–Crippen LogP) is 5.37. The molecule has 1 N–H and O–H groups in total. The standard InChI is InChI=1S/C31H34N2O5/c1-18-11-12-19(2)21(15-18)32-28(36)17-38-26-14-13-20(16-27(26)37-4)29-30-22(7-5-9-24(30)34)33(3)23-8-6-10-25(35)31(23)29/h11-16,29H,5-10,17H2,1-4H3,(H,32,36). The molecule has 3 aliphatic rings. The van der Waals surface area contributed by atoms with E-state index in [1.54, 1.807) is 13.2 Å². The van der Waals surface area contributed by atoms with Crippen LogP contribution < -0.4 is 14.8 Å². The zero-order valence-corrected chi connectivity index (χ0v) is 22.5. The number of hydrogen-bond acceptors (Lipinski definition) is 6. The van der Waals surface area contributed by atoms with Crippen LogP contribution in [0, 0.1) is 13.8 Å². The van der Waals surface area contributed by atoms with Gasteiger partial charge in [-0.05, 0) is 74.4 Å². The SMILES string of the molecule is COc1cc(C2C3=C(CCCC3=O)N(C)C3=C2C(=O)CCC3)ccc1OCC(=O)Nc1cc(C)ccc1C. The van der Waals surface area contributed by atoms with Crippen LogP contribution in [-0.2, 0) is 14.4 Å². The van der Waals surface area contributed by atoms with Gasteiger partial charge in [-0.25, -0.2) is 0 Å². The first-order chi connectivity index (χ1) is 18.3. The topological polar surface area (TPSA) is 84.9 Å². The lowest BCUT2D eigenvalue weighted by Crippen LogP contribution is -2.37. The minimum atomic E-state index is -0.410. The Kier molecular flexibility index (Phi) is 7.11. The fourth-order valence-corrected chi connectivity index (χ4v) is 5.87. The van der Waals surface area contributed by atoms with Crippen LogP contribution in [0.5, 0.6) is 11.5 Å². The summed E-state index contributed by atoms with van der Waals surface area (Å²) < 4.78 is 11.5. The van der Waals surface area contributed by atoms with E-state index in [9.17, 15) is 14.4 Å². The lowest BCUT2D eigenvalue weighted by Gasteiger charge is -2.42. The Balaban J connectivity index is 1.43. The van der Waals surface area contributed by atoms with Crippen LogP contribution in [0.25, 0.3) is 0 Å². The van der Waals surface area contributed by atoms with Gasteiger partial charge in [-0.15, -0.1) is 0 Å². The number of benzene rings is 2. The third-order valence-electron chi connectivity index (χ3n) is 7.79. The van der Waals surface area contributed by atoms with Gasteiger partial charge >= 0.3 is 0 Å². The number of anilines is 1. The van der Waals surface area contributed by atoms with E-state index in [1.807, 2.05) is 51.2 Å². The van der Waals surface area contributed by atoms with Gasteiger partial charge in [0.2, 0.25) is 0 Å². The zero-order chi connectivity index (χ0) is 27.0. The van der Waals surface area contributed by atoms with Gasteiger partial charge in [-0.1, -0.05) is 18.2 Å². The summed E-state index contributed by atoms with van der Waals surface area (Å²) in [6.45, 7) is 3.73. The molecule has 1 amide bonds. The number of ketones is 2. The highest BCUT2D eigenvalue weighted by Gasteiger charge is 2.42. The monoisotopic (exact) mass is 514 g/mol. The molecule has 0 aromatic heterocycles. The van der Waals surface area contributed by atoms with Crippen LogP contribution in [0.15, 0.2) is 58.9 Å². The molecule has 5 rings (SSSR count). The van der Waals surface area contributed by atoms with Gasteiger partial charge in [0.1, 0.15) is 0 Å². The smallest absolute Gasteiger partial charge is 0.262 e. The number of carbonyl (C=O) groups is 3. The number of Topliss-reactive ketones (excluding diaryl/α,β-unsaturated/α-hetero) is 2. The summed E-state index contributed by atoms with van der Waals surface area (Å²) in [7, 11) is 3.53. The molecule has 0 fully saturated rings. The number of aryl methyl sites for hydroxylation is 2. The molecule has 7 nitrogen and oxygen atoms in total. The Hall–Kier alpha value is -3.87. The molecule has 7 heteroatoms. The fourth-order valence-electron chi connectivity index (χ4n) is 5.87. The van der Waals surface area contributed by atoms with Gasteiger partial charge in [0.25, 0.3) is 5.91 Å². The highest BCUT2D eigenvalue weighted by atomic mass is 16.5. The Morgan fingerprint density at radius 1 is 0.921 bits per heavy atom. The number of methoxy groups -OCH3 is 1. The van der Waals surface area contributed by atoms with Crippen LogP contribution >= 0.6 is 0 Å². The highest BCUT2D eigenvalue weighted by Crippen LogP contribution is 2.49. The number of nitrogens with zero attached hydrogens (tertiary/aromatic N) is 1. The van der Waals surface area contributed by atoms with Gasteiger partial charge in [0.05, 0.1) is 7.11 Å². The van der Waals surface area contributed by atoms with Gasteiger partial charge in [0.15, 0.2) is 29.7 Å². The number of amides is 1. The number of hydrogen-bond donors (Lipinski definition) is 1. The van der Waals surface area contributed by atoms with Crippen molar-refractivity contribution >= 4 is 23.2 Å². The number of carbonyl (C=O) groups excluding carboxylic acids is 3. The molecule has 1 heterocycles. The summed E-state index contributed by atoms with van der Waals surface area (Å²) in [5.74, 6) is 0.411. The van der Waals surface area contributed by atoms with Gasteiger partial charge in [-0.2, -0.15) is 0 Å². The first-order valence-electron chi connectivity index (χ1n) is 13.2. The van der Waals surface area contributed by atoms with E-state index < -0.39 is 5.92 Å². The van der Waals surface area contributed by atoms with Crippen molar-refractivity contribution < 1.29 is 23.9 Å². The average molecular weight is 515 g/mol. The molecule has 0 spiro atoms. The van der Waals surface area contributed by atoms with E-state index in [2.05, 4.69) is 10.2 Å². The van der Waals surface area contributed by atoms with Crippen molar-refractivity contribution in [3.63, 3.8) is 0 Å². The van der Waals surface area contributed by atoms with Gasteiger partial charge in [-0.3, -0.25) is 14.4 Å². The fraction of sp³-hybridized carbons (Fsp3) is 0.387. The van der Waals surface area contributed by atoms with E-state index in [4.69, 9.17) is 9.47 Å². The summed E-state index contributed by atoms with van der Waals surface area (Å²) in [5.41, 5.74) is 7.14. The number of nitrogens with one attached hydrogen (secondary N) is 1. The van der Waals surface area contributed by atoms with Crippen molar-refractivity contribution in [1.82, 2.24) is 4.90 Å². The quantitative estimate of drug-likeness (QED) is 0.558. The van der Waals surface area contributed by atoms with Crippen molar-refractivity contribution in [1.29, 1.82) is 0 Å². The second kappa shape index (κ2) is 10.5. The van der Waals surface area contributed by atoms with E-state index in [0.29, 0.717) is 24.3 Å². The minimum absolute atomic E-state index is 0.107. The molecule has 0 atom stereocenters. The molecular formula is C31H34N2O5. The van der Waals surface area contributed by atoms with Crippen molar-refractivity contribution in [2.45, 2.75) is 58.3 Å². The number of ether oxygens (including phenoxy) is 2. The highest BCUT2D eigenvalue weighted by molar-refractivity contribution is 6.06. The van der Waals surface area contributed by atoms with Crippen LogP contribution in [0.1, 0.15) is 61.1 Å². The van der Waals surface area contributed by atoms with Gasteiger partial charge in [0, 0.05) is 54.0 Å². The largest absolute Gasteiger partial charge is 0.493 e. The molecule has 38 heavy (non-hydrogen) atoms. The maximum Gasteiger partial charge on any atom is 0.262 e. The van der Waals surface area contributed by atoms with Crippen LogP contribution in [0.2, 0.25) is 0 Å². The lowest BCUT2D eigenvalue weighted by molar-refractivity contribution is -0.118. The second-order valence-electron chi connectivity index (χ2n) is 10.3. The Morgan fingerprint density at radius 3 is 2.21 bits per heavy atom. The molecular weight excluding hydrogens is 480 g/mol. The molecule has 2 aromatic carbocycles. The molecule has 0 radical (unpaired) electrons. The van der Waals surface area contributed by atoms with E-state index in [0.717, 1.165) is 70.6 Å².